The fourth-order valence-corrected chi connectivity index (χ4v) is 1.70. The second-order valence-corrected chi connectivity index (χ2v) is 4.74. The van der Waals surface area contributed by atoms with Crippen LogP contribution in [0.1, 0.15) is 31.7 Å². The number of aliphatic hydroxyl groups excluding tert-OH is 1. The van der Waals surface area contributed by atoms with Gasteiger partial charge in [-0.2, -0.15) is 0 Å². The molecule has 4 heteroatoms. The zero-order chi connectivity index (χ0) is 13.6. The lowest BCUT2D eigenvalue weighted by molar-refractivity contribution is 0.171. The summed E-state index contributed by atoms with van der Waals surface area (Å²) in [5.74, 6) is 0.269. The first-order chi connectivity index (χ1) is 8.50. The third-order valence-electron chi connectivity index (χ3n) is 3.25. The number of ether oxygens (including phenoxy) is 1. The Kier molecular flexibility index (Phi) is 5.56. The first-order valence-corrected chi connectivity index (χ1v) is 6.29. The van der Waals surface area contributed by atoms with Crippen LogP contribution in [0.25, 0.3) is 0 Å². The summed E-state index contributed by atoms with van der Waals surface area (Å²) in [5, 5.41) is 9.17. The molecule has 3 nitrogen and oxygen atoms in total. The third-order valence-corrected chi connectivity index (χ3v) is 3.25. The molecule has 0 bridgehead atoms. The summed E-state index contributed by atoms with van der Waals surface area (Å²) in [6, 6.07) is 4.49. The summed E-state index contributed by atoms with van der Waals surface area (Å²) in [6.45, 7) is 4.28. The van der Waals surface area contributed by atoms with Gasteiger partial charge < -0.3 is 15.6 Å². The highest BCUT2D eigenvalue weighted by Gasteiger charge is 2.20. The molecule has 1 unspecified atom stereocenters. The third kappa shape index (κ3) is 4.27. The van der Waals surface area contributed by atoms with E-state index in [2.05, 4.69) is 0 Å². The van der Waals surface area contributed by atoms with E-state index in [0.29, 0.717) is 18.8 Å². The zero-order valence-electron chi connectivity index (χ0n) is 11.1. The summed E-state index contributed by atoms with van der Waals surface area (Å²) in [7, 11) is 0. The van der Waals surface area contributed by atoms with Crippen molar-refractivity contribution in [1.29, 1.82) is 0 Å². The highest BCUT2D eigenvalue weighted by atomic mass is 19.1. The maximum absolute atomic E-state index is 13.0. The lowest BCUT2D eigenvalue weighted by Crippen LogP contribution is -2.43. The molecule has 1 rings (SSSR count). The largest absolute Gasteiger partial charge is 0.493 e. The summed E-state index contributed by atoms with van der Waals surface area (Å²) in [6.07, 6.45) is 2.15. The molecule has 0 aliphatic carbocycles. The average Bonchev–Trinajstić information content (AvgIpc) is 2.38. The lowest BCUT2D eigenvalue weighted by Gasteiger charge is -2.25. The molecule has 0 fully saturated rings. The van der Waals surface area contributed by atoms with Crippen molar-refractivity contribution in [1.82, 2.24) is 0 Å². The number of nitrogens with two attached hydrogens (primary N) is 1. The monoisotopic (exact) mass is 255 g/mol. The van der Waals surface area contributed by atoms with E-state index in [4.69, 9.17) is 15.6 Å². The van der Waals surface area contributed by atoms with Gasteiger partial charge in [0.15, 0.2) is 0 Å². The van der Waals surface area contributed by atoms with Gasteiger partial charge in [0.2, 0.25) is 0 Å². The highest BCUT2D eigenvalue weighted by Crippen LogP contribution is 2.20. The maximum atomic E-state index is 13.0. The minimum Gasteiger partial charge on any atom is -0.493 e. The van der Waals surface area contributed by atoms with Crippen LogP contribution in [0.2, 0.25) is 0 Å². The Hall–Kier alpha value is -1.13. The van der Waals surface area contributed by atoms with Gasteiger partial charge in [-0.1, -0.05) is 13.0 Å². The molecule has 0 spiro atoms. The Bertz CT molecular complexity index is 378. The Morgan fingerprint density at radius 3 is 2.78 bits per heavy atom. The van der Waals surface area contributed by atoms with Crippen molar-refractivity contribution in [2.45, 2.75) is 38.6 Å². The Morgan fingerprint density at radius 1 is 1.44 bits per heavy atom. The summed E-state index contributed by atoms with van der Waals surface area (Å²) < 4.78 is 18.5. The molecule has 1 aromatic carbocycles. The number of hydrogen-bond acceptors (Lipinski definition) is 3. The number of aliphatic hydroxyl groups is 1. The molecule has 0 saturated carbocycles. The van der Waals surface area contributed by atoms with Crippen LogP contribution < -0.4 is 10.5 Å². The Labute approximate surface area is 108 Å². The van der Waals surface area contributed by atoms with Gasteiger partial charge >= 0.3 is 0 Å². The van der Waals surface area contributed by atoms with Gasteiger partial charge in [-0.25, -0.2) is 4.39 Å². The van der Waals surface area contributed by atoms with Gasteiger partial charge in [0, 0.05) is 11.6 Å². The van der Waals surface area contributed by atoms with E-state index in [1.807, 2.05) is 13.8 Å². The average molecular weight is 255 g/mol. The van der Waals surface area contributed by atoms with E-state index in [9.17, 15) is 4.39 Å². The predicted molar refractivity (Wildman–Crippen MR) is 70.2 cm³/mol. The molecular formula is C14H22FNO2. The lowest BCUT2D eigenvalue weighted by atomic mass is 9.93. The molecule has 0 heterocycles. The first kappa shape index (κ1) is 14.9. The molecule has 1 atom stereocenters. The molecule has 3 N–H and O–H groups in total. The number of halogens is 1. The van der Waals surface area contributed by atoms with Crippen molar-refractivity contribution < 1.29 is 14.2 Å². The van der Waals surface area contributed by atoms with Crippen molar-refractivity contribution in [2.75, 3.05) is 13.2 Å². The number of rotatable bonds is 7. The van der Waals surface area contributed by atoms with E-state index in [1.54, 1.807) is 6.07 Å². The molecule has 18 heavy (non-hydrogen) atoms. The summed E-state index contributed by atoms with van der Waals surface area (Å²) in [5.41, 5.74) is 6.35. The van der Waals surface area contributed by atoms with Crippen LogP contribution in [-0.4, -0.2) is 23.9 Å². The molecule has 0 radical (unpaired) electrons. The standard InChI is InChI=1S/C14H22FNO2/c1-3-14(16,10-17)7-4-8-18-13-9-12(15)6-5-11(13)2/h5-6,9,17H,3-4,7-8,10,16H2,1-2H3. The van der Waals surface area contributed by atoms with Gasteiger partial charge in [-0.05, 0) is 37.8 Å². The van der Waals surface area contributed by atoms with Gasteiger partial charge in [0.1, 0.15) is 11.6 Å². The van der Waals surface area contributed by atoms with E-state index in [0.717, 1.165) is 18.4 Å². The molecule has 0 aromatic heterocycles. The molecule has 0 amide bonds. The molecule has 0 aliphatic rings. The van der Waals surface area contributed by atoms with E-state index < -0.39 is 5.54 Å². The van der Waals surface area contributed by atoms with E-state index >= 15 is 0 Å². The van der Waals surface area contributed by atoms with Crippen LogP contribution in [0.3, 0.4) is 0 Å². The van der Waals surface area contributed by atoms with Crippen molar-refractivity contribution in [2.24, 2.45) is 5.73 Å². The van der Waals surface area contributed by atoms with Crippen molar-refractivity contribution in [3.05, 3.63) is 29.6 Å². The van der Waals surface area contributed by atoms with Gasteiger partial charge in [0.25, 0.3) is 0 Å². The normalized spacial score (nSPS) is 14.3. The van der Waals surface area contributed by atoms with Crippen LogP contribution in [0.5, 0.6) is 5.75 Å². The SMILES string of the molecule is CCC(N)(CO)CCCOc1cc(F)ccc1C. The van der Waals surface area contributed by atoms with Gasteiger partial charge in [-0.15, -0.1) is 0 Å². The molecule has 1 aromatic rings. The number of hydrogen-bond donors (Lipinski definition) is 2. The highest BCUT2D eigenvalue weighted by molar-refractivity contribution is 5.32. The zero-order valence-corrected chi connectivity index (χ0v) is 11.1. The Balaban J connectivity index is 2.40. The van der Waals surface area contributed by atoms with Gasteiger partial charge in [0.05, 0.1) is 13.2 Å². The van der Waals surface area contributed by atoms with Crippen molar-refractivity contribution in [3.8, 4) is 5.75 Å². The predicted octanol–water partition coefficient (Wildman–Crippen LogP) is 2.39. The number of benzene rings is 1. The Morgan fingerprint density at radius 2 is 2.17 bits per heavy atom. The van der Waals surface area contributed by atoms with Crippen LogP contribution in [0, 0.1) is 12.7 Å². The summed E-state index contributed by atoms with van der Waals surface area (Å²) >= 11 is 0. The van der Waals surface area contributed by atoms with E-state index in [1.165, 1.54) is 12.1 Å². The second kappa shape index (κ2) is 6.71. The van der Waals surface area contributed by atoms with Crippen LogP contribution in [0.4, 0.5) is 4.39 Å². The van der Waals surface area contributed by atoms with E-state index in [-0.39, 0.29) is 12.4 Å². The maximum Gasteiger partial charge on any atom is 0.126 e. The minimum absolute atomic E-state index is 0.0253. The van der Waals surface area contributed by atoms with Crippen molar-refractivity contribution >= 4 is 0 Å². The summed E-state index contributed by atoms with van der Waals surface area (Å²) in [4.78, 5) is 0. The fraction of sp³-hybridized carbons (Fsp3) is 0.571. The van der Waals surface area contributed by atoms with Crippen molar-refractivity contribution in [3.63, 3.8) is 0 Å². The number of aryl methyl sites for hydroxylation is 1. The molecule has 0 aliphatic heterocycles. The van der Waals surface area contributed by atoms with Crippen LogP contribution in [-0.2, 0) is 0 Å². The quantitative estimate of drug-likeness (QED) is 0.736. The molecule has 0 saturated heterocycles. The first-order valence-electron chi connectivity index (χ1n) is 6.29. The smallest absolute Gasteiger partial charge is 0.126 e. The second-order valence-electron chi connectivity index (χ2n) is 4.74. The topological polar surface area (TPSA) is 55.5 Å². The van der Waals surface area contributed by atoms with Crippen LogP contribution >= 0.6 is 0 Å². The molecular weight excluding hydrogens is 233 g/mol. The minimum atomic E-state index is -0.527. The van der Waals surface area contributed by atoms with Crippen LogP contribution in [0.15, 0.2) is 18.2 Å². The fourth-order valence-electron chi connectivity index (χ4n) is 1.70. The molecule has 102 valence electrons. The van der Waals surface area contributed by atoms with Gasteiger partial charge in [-0.3, -0.25) is 0 Å².